The van der Waals surface area contributed by atoms with Crippen molar-refractivity contribution < 1.29 is 37.3 Å². The van der Waals surface area contributed by atoms with Gasteiger partial charge in [-0.2, -0.15) is 13.2 Å². The van der Waals surface area contributed by atoms with Crippen LogP contribution in [0.3, 0.4) is 0 Å². The number of aliphatic carboxylic acids is 1. The topological polar surface area (TPSA) is 110 Å². The summed E-state index contributed by atoms with van der Waals surface area (Å²) in [4.78, 5) is 32.0. The molecule has 1 fully saturated rings. The van der Waals surface area contributed by atoms with Crippen molar-refractivity contribution in [2.75, 3.05) is 73.6 Å². The Balaban J connectivity index is 0.000000566. The normalized spacial score (nSPS) is 18.6. The van der Waals surface area contributed by atoms with Crippen molar-refractivity contribution in [3.05, 3.63) is 59.8 Å². The number of methoxy groups -OCH3 is 1. The van der Waals surface area contributed by atoms with Gasteiger partial charge in [0.05, 0.1) is 19.2 Å². The van der Waals surface area contributed by atoms with Gasteiger partial charge in [-0.25, -0.2) is 4.79 Å². The highest BCUT2D eigenvalue weighted by molar-refractivity contribution is 5.87. The lowest BCUT2D eigenvalue weighted by molar-refractivity contribution is -0.192. The summed E-state index contributed by atoms with van der Waals surface area (Å²) in [5, 5.41) is 11.5. The van der Waals surface area contributed by atoms with E-state index in [4.69, 9.17) is 19.4 Å². The van der Waals surface area contributed by atoms with E-state index >= 15 is 0 Å². The number of amides is 1. The number of aromatic nitrogens is 1. The molecule has 2 aromatic carbocycles. The average Bonchev–Trinajstić information content (AvgIpc) is 3.57. The number of aromatic amines is 1. The number of H-pyrrole nitrogens is 1. The standard InChI is InChI=1S/C29H39N5O3.C2HF3O2/c1-32(2)20-27(35)30-13-16-34-14-11-24-25-19-23(36-3)9-10-26(25)31-28(24)29(34)12-15-33(21-29)17-18-37-22-7-5-4-6-8-22;3-2(4,5)1(6)7/h4-10,19,31H,11-18,20-21H2,1-3H3,(H,30,35);(H,6,7). The number of ether oxygens (including phenoxy) is 2. The minimum atomic E-state index is -5.08. The van der Waals surface area contributed by atoms with Gasteiger partial charge in [-0.05, 0) is 62.8 Å². The number of carbonyl (C=O) groups excluding carboxylic acids is 1. The lowest BCUT2D eigenvalue weighted by Crippen LogP contribution is -2.54. The van der Waals surface area contributed by atoms with E-state index in [2.05, 4.69) is 32.2 Å². The zero-order chi connectivity index (χ0) is 31.9. The SMILES string of the molecule is COc1ccc2[nH]c3c(c2c1)CCN(CCNC(=O)CN(C)C)C31CCN(CCOc2ccccc2)C1.O=C(O)C(F)(F)F. The fourth-order valence-corrected chi connectivity index (χ4v) is 5.96. The number of rotatable bonds is 10. The number of para-hydroxylation sites is 1. The first-order valence-corrected chi connectivity index (χ1v) is 14.5. The van der Waals surface area contributed by atoms with E-state index in [-0.39, 0.29) is 11.4 Å². The van der Waals surface area contributed by atoms with Gasteiger partial charge in [0.1, 0.15) is 18.1 Å². The minimum Gasteiger partial charge on any atom is -0.497 e. The first-order chi connectivity index (χ1) is 20.9. The van der Waals surface area contributed by atoms with Gasteiger partial charge in [0.2, 0.25) is 5.91 Å². The Morgan fingerprint density at radius 1 is 1.09 bits per heavy atom. The van der Waals surface area contributed by atoms with Crippen molar-refractivity contribution in [3.8, 4) is 11.5 Å². The van der Waals surface area contributed by atoms with Crippen molar-refractivity contribution in [1.29, 1.82) is 0 Å². The summed E-state index contributed by atoms with van der Waals surface area (Å²) in [6.45, 7) is 6.35. The largest absolute Gasteiger partial charge is 0.497 e. The summed E-state index contributed by atoms with van der Waals surface area (Å²) in [6.07, 6.45) is -3.06. The number of halogens is 3. The van der Waals surface area contributed by atoms with Gasteiger partial charge < -0.3 is 29.8 Å². The van der Waals surface area contributed by atoms with Gasteiger partial charge >= 0.3 is 12.1 Å². The van der Waals surface area contributed by atoms with E-state index in [1.54, 1.807) is 7.11 Å². The molecule has 1 amide bonds. The Kier molecular flexibility index (Phi) is 10.8. The van der Waals surface area contributed by atoms with Crippen LogP contribution < -0.4 is 14.8 Å². The molecule has 0 bridgehead atoms. The lowest BCUT2D eigenvalue weighted by atomic mass is 9.84. The molecule has 1 unspecified atom stereocenters. The molecule has 1 spiro atoms. The fourth-order valence-electron chi connectivity index (χ4n) is 5.96. The minimum absolute atomic E-state index is 0.0700. The Morgan fingerprint density at radius 2 is 1.82 bits per heavy atom. The molecule has 44 heavy (non-hydrogen) atoms. The molecule has 3 aromatic rings. The first-order valence-electron chi connectivity index (χ1n) is 14.5. The Labute approximate surface area is 254 Å². The highest BCUT2D eigenvalue weighted by Gasteiger charge is 2.48. The van der Waals surface area contributed by atoms with Gasteiger partial charge in [0, 0.05) is 55.9 Å². The number of benzene rings is 2. The van der Waals surface area contributed by atoms with Crippen molar-refractivity contribution in [3.63, 3.8) is 0 Å². The smallest absolute Gasteiger partial charge is 0.490 e. The number of hydrogen-bond donors (Lipinski definition) is 3. The van der Waals surface area contributed by atoms with Crippen LogP contribution in [-0.2, 0) is 21.5 Å². The van der Waals surface area contributed by atoms with Crippen molar-refractivity contribution >= 4 is 22.8 Å². The highest BCUT2D eigenvalue weighted by Crippen LogP contribution is 2.45. The molecule has 2 aliphatic heterocycles. The number of carbonyl (C=O) groups is 2. The molecule has 0 saturated carbocycles. The van der Waals surface area contributed by atoms with E-state index in [0.29, 0.717) is 19.7 Å². The summed E-state index contributed by atoms with van der Waals surface area (Å²) in [5.41, 5.74) is 3.79. The van der Waals surface area contributed by atoms with Crippen LogP contribution in [0.4, 0.5) is 13.2 Å². The lowest BCUT2D eigenvalue weighted by Gasteiger charge is -2.45. The van der Waals surface area contributed by atoms with Crippen LogP contribution in [0.25, 0.3) is 10.9 Å². The number of nitrogens with one attached hydrogen (secondary N) is 2. The van der Waals surface area contributed by atoms with E-state index in [1.807, 2.05) is 55.4 Å². The van der Waals surface area contributed by atoms with Crippen LogP contribution in [0, 0.1) is 0 Å². The molecule has 3 heterocycles. The van der Waals surface area contributed by atoms with E-state index in [9.17, 15) is 18.0 Å². The molecule has 13 heteroatoms. The van der Waals surface area contributed by atoms with Crippen molar-refractivity contribution in [1.82, 2.24) is 25.0 Å². The number of likely N-dealkylation sites (N-methyl/N-ethyl adjacent to an activating group) is 1. The number of carboxylic acid groups (broad SMARTS) is 1. The summed E-state index contributed by atoms with van der Waals surface area (Å²) in [6, 6.07) is 16.3. The highest BCUT2D eigenvalue weighted by atomic mass is 19.4. The van der Waals surface area contributed by atoms with Gasteiger partial charge in [0.25, 0.3) is 0 Å². The molecule has 1 saturated heterocycles. The maximum atomic E-state index is 12.3. The second-order valence-corrected chi connectivity index (χ2v) is 11.2. The Bertz CT molecular complexity index is 1410. The number of likely N-dealkylation sites (tertiary alicyclic amines) is 1. The second kappa shape index (κ2) is 14.3. The molecule has 2 aliphatic rings. The summed E-state index contributed by atoms with van der Waals surface area (Å²) in [7, 11) is 5.56. The third-order valence-corrected chi connectivity index (χ3v) is 7.97. The summed E-state index contributed by atoms with van der Waals surface area (Å²) < 4.78 is 43.3. The Morgan fingerprint density at radius 3 is 2.48 bits per heavy atom. The van der Waals surface area contributed by atoms with E-state index in [1.165, 1.54) is 16.6 Å². The number of hydrogen-bond acceptors (Lipinski definition) is 7. The van der Waals surface area contributed by atoms with Crippen LogP contribution in [0.15, 0.2) is 48.5 Å². The van der Waals surface area contributed by atoms with Crippen molar-refractivity contribution in [2.24, 2.45) is 0 Å². The second-order valence-electron chi connectivity index (χ2n) is 11.2. The van der Waals surface area contributed by atoms with E-state index < -0.39 is 12.1 Å². The molecule has 1 atom stereocenters. The van der Waals surface area contributed by atoms with Crippen LogP contribution in [0.5, 0.6) is 11.5 Å². The number of fused-ring (bicyclic) bond motifs is 4. The van der Waals surface area contributed by atoms with Crippen LogP contribution in [-0.4, -0.2) is 116 Å². The molecule has 10 nitrogen and oxygen atoms in total. The molecular weight excluding hydrogens is 579 g/mol. The van der Waals surface area contributed by atoms with E-state index in [0.717, 1.165) is 62.6 Å². The fraction of sp³-hybridized carbons (Fsp3) is 0.484. The van der Waals surface area contributed by atoms with Gasteiger partial charge in [0.15, 0.2) is 0 Å². The third kappa shape index (κ3) is 8.01. The van der Waals surface area contributed by atoms with Crippen LogP contribution >= 0.6 is 0 Å². The van der Waals surface area contributed by atoms with Gasteiger partial charge in [-0.3, -0.25) is 14.6 Å². The Hall–Kier alpha value is -3.81. The quantitative estimate of drug-likeness (QED) is 0.317. The molecule has 0 radical (unpaired) electrons. The molecule has 3 N–H and O–H groups in total. The van der Waals surface area contributed by atoms with Gasteiger partial charge in [-0.15, -0.1) is 0 Å². The zero-order valence-electron chi connectivity index (χ0n) is 25.2. The summed E-state index contributed by atoms with van der Waals surface area (Å²) in [5.74, 6) is -0.885. The predicted octanol–water partition coefficient (Wildman–Crippen LogP) is 3.33. The van der Waals surface area contributed by atoms with Crippen LogP contribution in [0.2, 0.25) is 0 Å². The molecule has 1 aromatic heterocycles. The first kappa shape index (κ1) is 33.1. The maximum absolute atomic E-state index is 12.3. The summed E-state index contributed by atoms with van der Waals surface area (Å²) >= 11 is 0. The van der Waals surface area contributed by atoms with Gasteiger partial charge in [-0.1, -0.05) is 18.2 Å². The zero-order valence-corrected chi connectivity index (χ0v) is 25.2. The monoisotopic (exact) mass is 619 g/mol. The molecule has 240 valence electrons. The van der Waals surface area contributed by atoms with Crippen LogP contribution in [0.1, 0.15) is 17.7 Å². The average molecular weight is 620 g/mol. The predicted molar refractivity (Wildman–Crippen MR) is 160 cm³/mol. The molecule has 5 rings (SSSR count). The number of carboxylic acids is 1. The van der Waals surface area contributed by atoms with Crippen molar-refractivity contribution in [2.45, 2.75) is 24.6 Å². The third-order valence-electron chi connectivity index (χ3n) is 7.97. The molecule has 0 aliphatic carbocycles. The number of nitrogens with zero attached hydrogens (tertiary/aromatic N) is 3. The molecular formula is C31H40F3N5O5. The maximum Gasteiger partial charge on any atom is 0.490 e. The number of alkyl halides is 3.